The maximum atomic E-state index is 10.8. The Kier molecular flexibility index (Phi) is 4.85. The van der Waals surface area contributed by atoms with E-state index in [2.05, 4.69) is 25.7 Å². The van der Waals surface area contributed by atoms with Gasteiger partial charge in [-0.05, 0) is 35.8 Å². The van der Waals surface area contributed by atoms with Crippen molar-refractivity contribution >= 4 is 27.3 Å². The highest BCUT2D eigenvalue weighted by Crippen LogP contribution is 2.30. The summed E-state index contributed by atoms with van der Waals surface area (Å²) >= 11 is 3.42. The van der Waals surface area contributed by atoms with Crippen LogP contribution in [0.25, 0.3) is 0 Å². The average Bonchev–Trinajstić information content (AvgIpc) is 2.38. The molecule has 1 aromatic rings. The molecule has 1 aromatic carbocycles. The summed E-state index contributed by atoms with van der Waals surface area (Å²) in [7, 11) is 0. The van der Waals surface area contributed by atoms with Crippen LogP contribution in [0.2, 0.25) is 0 Å². The fourth-order valence-electron chi connectivity index (χ4n) is 2.56. The molecule has 1 heterocycles. The van der Waals surface area contributed by atoms with E-state index in [9.17, 15) is 15.2 Å². The smallest absolute Gasteiger partial charge is 0.270 e. The predicted molar refractivity (Wildman–Crippen MR) is 85.7 cm³/mol. The standard InChI is InChI=1S/C14H20BrN3O3/c1-14(2,19)10-16-5-7-17(8-6-16)13-4-3-11(18(20)21)9-12(13)15/h3-4,9,19H,5-8,10H2,1-2H3. The van der Waals surface area contributed by atoms with Gasteiger partial charge in [0.2, 0.25) is 0 Å². The Morgan fingerprint density at radius 2 is 1.95 bits per heavy atom. The SMILES string of the molecule is CC(C)(O)CN1CCN(c2ccc([N+](=O)[O-])cc2Br)CC1. The number of non-ortho nitro benzene ring substituents is 1. The number of hydrogen-bond donors (Lipinski definition) is 1. The molecule has 1 aliphatic heterocycles. The molecule has 1 aliphatic rings. The minimum absolute atomic E-state index is 0.0892. The molecule has 1 saturated heterocycles. The number of halogens is 1. The zero-order valence-corrected chi connectivity index (χ0v) is 13.8. The summed E-state index contributed by atoms with van der Waals surface area (Å²) in [5.41, 5.74) is 0.380. The van der Waals surface area contributed by atoms with Crippen molar-refractivity contribution in [3.8, 4) is 0 Å². The van der Waals surface area contributed by atoms with Crippen LogP contribution in [0.15, 0.2) is 22.7 Å². The van der Waals surface area contributed by atoms with Gasteiger partial charge in [0.05, 0.1) is 16.2 Å². The van der Waals surface area contributed by atoms with E-state index in [0.717, 1.165) is 36.3 Å². The topological polar surface area (TPSA) is 69.8 Å². The summed E-state index contributed by atoms with van der Waals surface area (Å²) in [5.74, 6) is 0. The highest BCUT2D eigenvalue weighted by atomic mass is 79.9. The van der Waals surface area contributed by atoms with Gasteiger partial charge in [-0.2, -0.15) is 0 Å². The van der Waals surface area contributed by atoms with Gasteiger partial charge in [0, 0.05) is 49.3 Å². The fourth-order valence-corrected chi connectivity index (χ4v) is 3.18. The third-order valence-corrected chi connectivity index (χ3v) is 4.10. The van der Waals surface area contributed by atoms with Crippen LogP contribution in [0, 0.1) is 10.1 Å². The van der Waals surface area contributed by atoms with Crippen molar-refractivity contribution in [2.45, 2.75) is 19.4 Å². The third-order valence-electron chi connectivity index (χ3n) is 3.47. The minimum Gasteiger partial charge on any atom is -0.389 e. The first kappa shape index (κ1) is 16.2. The van der Waals surface area contributed by atoms with Gasteiger partial charge >= 0.3 is 0 Å². The molecule has 116 valence electrons. The molecule has 1 fully saturated rings. The highest BCUT2D eigenvalue weighted by Gasteiger charge is 2.24. The largest absolute Gasteiger partial charge is 0.389 e. The molecular weight excluding hydrogens is 338 g/mol. The lowest BCUT2D eigenvalue weighted by molar-refractivity contribution is -0.384. The Labute approximate surface area is 132 Å². The van der Waals surface area contributed by atoms with Crippen LogP contribution < -0.4 is 4.90 Å². The van der Waals surface area contributed by atoms with Crippen molar-refractivity contribution < 1.29 is 10.0 Å². The maximum absolute atomic E-state index is 10.8. The molecule has 0 amide bonds. The Hall–Kier alpha value is -1.18. The van der Waals surface area contributed by atoms with E-state index < -0.39 is 10.5 Å². The molecule has 2 rings (SSSR count). The number of aliphatic hydroxyl groups is 1. The Balaban J connectivity index is 2.01. The predicted octanol–water partition coefficient (Wildman–Crippen LogP) is 2.25. The van der Waals surface area contributed by atoms with Crippen molar-refractivity contribution in [3.63, 3.8) is 0 Å². The number of hydrogen-bond acceptors (Lipinski definition) is 5. The van der Waals surface area contributed by atoms with E-state index in [1.165, 1.54) is 6.07 Å². The van der Waals surface area contributed by atoms with E-state index in [1.807, 2.05) is 13.8 Å². The number of β-amino-alcohol motifs (C(OH)–C–C–N with tert-alkyl or cyclic N) is 1. The summed E-state index contributed by atoms with van der Waals surface area (Å²) < 4.78 is 0.743. The third kappa shape index (κ3) is 4.39. The number of nitrogens with zero attached hydrogens (tertiary/aromatic N) is 3. The first-order chi connectivity index (χ1) is 9.76. The lowest BCUT2D eigenvalue weighted by Crippen LogP contribution is -2.50. The normalized spacial score (nSPS) is 17.0. The van der Waals surface area contributed by atoms with E-state index >= 15 is 0 Å². The van der Waals surface area contributed by atoms with Crippen LogP contribution in [-0.2, 0) is 0 Å². The zero-order valence-electron chi connectivity index (χ0n) is 12.3. The van der Waals surface area contributed by atoms with Crippen molar-refractivity contribution in [3.05, 3.63) is 32.8 Å². The first-order valence-corrected chi connectivity index (χ1v) is 7.69. The van der Waals surface area contributed by atoms with Crippen LogP contribution in [0.1, 0.15) is 13.8 Å². The molecule has 0 radical (unpaired) electrons. The Bertz CT molecular complexity index is 523. The monoisotopic (exact) mass is 357 g/mol. The van der Waals surface area contributed by atoms with Crippen molar-refractivity contribution in [2.75, 3.05) is 37.6 Å². The molecule has 0 spiro atoms. The van der Waals surface area contributed by atoms with Crippen molar-refractivity contribution in [1.29, 1.82) is 0 Å². The molecule has 6 nitrogen and oxygen atoms in total. The molecular formula is C14H20BrN3O3. The average molecular weight is 358 g/mol. The quantitative estimate of drug-likeness (QED) is 0.660. The van der Waals surface area contributed by atoms with Crippen molar-refractivity contribution in [1.82, 2.24) is 4.90 Å². The first-order valence-electron chi connectivity index (χ1n) is 6.90. The molecule has 7 heteroatoms. The molecule has 0 aliphatic carbocycles. The molecule has 0 saturated carbocycles. The lowest BCUT2D eigenvalue weighted by Gasteiger charge is -2.38. The summed E-state index contributed by atoms with van der Waals surface area (Å²) in [6.07, 6.45) is 0. The van der Waals surface area contributed by atoms with Crippen LogP contribution in [0.5, 0.6) is 0 Å². The Morgan fingerprint density at radius 1 is 1.33 bits per heavy atom. The van der Waals surface area contributed by atoms with E-state index in [0.29, 0.717) is 6.54 Å². The number of nitro benzene ring substituents is 1. The number of anilines is 1. The number of piperazine rings is 1. The molecule has 0 bridgehead atoms. The number of nitro groups is 1. The van der Waals surface area contributed by atoms with Crippen LogP contribution in [-0.4, -0.2) is 53.3 Å². The molecule has 21 heavy (non-hydrogen) atoms. The highest BCUT2D eigenvalue weighted by molar-refractivity contribution is 9.10. The second-order valence-corrected chi connectivity index (χ2v) is 6.82. The summed E-state index contributed by atoms with van der Waals surface area (Å²) in [5, 5.41) is 20.6. The minimum atomic E-state index is -0.684. The van der Waals surface area contributed by atoms with Gasteiger partial charge in [-0.3, -0.25) is 15.0 Å². The van der Waals surface area contributed by atoms with Crippen LogP contribution in [0.3, 0.4) is 0 Å². The molecule has 0 aromatic heterocycles. The maximum Gasteiger partial charge on any atom is 0.270 e. The van der Waals surface area contributed by atoms with E-state index in [4.69, 9.17) is 0 Å². The van der Waals surface area contributed by atoms with Crippen LogP contribution in [0.4, 0.5) is 11.4 Å². The molecule has 0 unspecified atom stereocenters. The molecule has 1 N–H and O–H groups in total. The number of rotatable bonds is 4. The second kappa shape index (κ2) is 6.29. The van der Waals surface area contributed by atoms with E-state index in [-0.39, 0.29) is 5.69 Å². The van der Waals surface area contributed by atoms with Gasteiger partial charge in [0.25, 0.3) is 5.69 Å². The van der Waals surface area contributed by atoms with Gasteiger partial charge in [-0.1, -0.05) is 0 Å². The lowest BCUT2D eigenvalue weighted by atomic mass is 10.1. The summed E-state index contributed by atoms with van der Waals surface area (Å²) in [4.78, 5) is 14.8. The van der Waals surface area contributed by atoms with Gasteiger partial charge in [-0.25, -0.2) is 0 Å². The van der Waals surface area contributed by atoms with Gasteiger partial charge in [-0.15, -0.1) is 0 Å². The Morgan fingerprint density at radius 3 is 2.43 bits per heavy atom. The molecule has 0 atom stereocenters. The summed E-state index contributed by atoms with van der Waals surface area (Å²) in [6.45, 7) is 7.70. The van der Waals surface area contributed by atoms with Gasteiger partial charge in [0.1, 0.15) is 0 Å². The fraction of sp³-hybridized carbons (Fsp3) is 0.571. The number of benzene rings is 1. The van der Waals surface area contributed by atoms with Gasteiger partial charge < -0.3 is 10.0 Å². The summed E-state index contributed by atoms with van der Waals surface area (Å²) in [6, 6.07) is 4.86. The second-order valence-electron chi connectivity index (χ2n) is 5.97. The zero-order chi connectivity index (χ0) is 15.6. The van der Waals surface area contributed by atoms with E-state index in [1.54, 1.807) is 12.1 Å². The van der Waals surface area contributed by atoms with Crippen molar-refractivity contribution in [2.24, 2.45) is 0 Å². The van der Waals surface area contributed by atoms with Crippen LogP contribution >= 0.6 is 15.9 Å². The van der Waals surface area contributed by atoms with Gasteiger partial charge in [0.15, 0.2) is 0 Å².